The molecule has 8 heteroatoms. The fourth-order valence-electron chi connectivity index (χ4n) is 2.49. The van der Waals surface area contributed by atoms with Gasteiger partial charge >= 0.3 is 5.97 Å². The highest BCUT2D eigenvalue weighted by atomic mass is 35.5. The zero-order valence-corrected chi connectivity index (χ0v) is 14.8. The summed E-state index contributed by atoms with van der Waals surface area (Å²) in [7, 11) is 0. The second-order valence-corrected chi connectivity index (χ2v) is 6.41. The quantitative estimate of drug-likeness (QED) is 0.669. The number of aliphatic hydroxyl groups excluding tert-OH is 1. The van der Waals surface area contributed by atoms with Gasteiger partial charge in [0.25, 0.3) is 0 Å². The Kier molecular flexibility index (Phi) is 5.01. The van der Waals surface area contributed by atoms with Crippen molar-refractivity contribution in [1.29, 1.82) is 0 Å². The van der Waals surface area contributed by atoms with Crippen LogP contribution in [0.5, 0.6) is 0 Å². The molecule has 0 unspecified atom stereocenters. The first-order valence-electron chi connectivity index (χ1n) is 7.09. The van der Waals surface area contributed by atoms with Crippen LogP contribution >= 0.6 is 34.8 Å². The fraction of sp³-hybridized carbons (Fsp3) is 0.0588. The summed E-state index contributed by atoms with van der Waals surface area (Å²) >= 11 is 18.1. The number of hydrogen-bond donors (Lipinski definition) is 2. The first-order valence-corrected chi connectivity index (χ1v) is 8.23. The van der Waals surface area contributed by atoms with Crippen LogP contribution in [0.2, 0.25) is 15.1 Å². The lowest BCUT2D eigenvalue weighted by molar-refractivity contribution is 0.0687. The van der Waals surface area contributed by atoms with Gasteiger partial charge in [0.2, 0.25) is 0 Å². The number of benzene rings is 2. The van der Waals surface area contributed by atoms with E-state index in [4.69, 9.17) is 34.8 Å². The number of imidazole rings is 1. The van der Waals surface area contributed by atoms with Gasteiger partial charge in [-0.05, 0) is 42.5 Å². The smallest absolute Gasteiger partial charge is 0.356 e. The molecule has 1 aromatic heterocycles. The van der Waals surface area contributed by atoms with Gasteiger partial charge < -0.3 is 10.2 Å². The minimum Gasteiger partial charge on any atom is -0.476 e. The molecule has 2 N–H and O–H groups in total. The summed E-state index contributed by atoms with van der Waals surface area (Å²) in [5.41, 5.74) is 0.965. The van der Waals surface area contributed by atoms with Crippen LogP contribution < -0.4 is 0 Å². The standard InChI is InChI=1S/C17H11Cl3N2O3/c18-9-1-4-11(5-2-9)22-14(8-23)15(17(24)25)21-16(22)12-6-3-10(19)7-13(12)20/h1-7,23H,8H2,(H,24,25). The average Bonchev–Trinajstić information content (AvgIpc) is 2.95. The van der Waals surface area contributed by atoms with Gasteiger partial charge in [0, 0.05) is 21.3 Å². The molecule has 0 amide bonds. The zero-order valence-electron chi connectivity index (χ0n) is 12.6. The molecule has 2 aromatic carbocycles. The first-order chi connectivity index (χ1) is 11.9. The maximum absolute atomic E-state index is 11.5. The summed E-state index contributed by atoms with van der Waals surface area (Å²) in [6.07, 6.45) is 0. The second kappa shape index (κ2) is 7.06. The molecule has 0 radical (unpaired) electrons. The Bertz CT molecular complexity index is 953. The number of carbonyl (C=O) groups is 1. The highest BCUT2D eigenvalue weighted by molar-refractivity contribution is 6.36. The zero-order chi connectivity index (χ0) is 18.1. The van der Waals surface area contributed by atoms with Crippen LogP contribution in [-0.2, 0) is 6.61 Å². The number of hydrogen-bond acceptors (Lipinski definition) is 3. The van der Waals surface area contributed by atoms with E-state index >= 15 is 0 Å². The van der Waals surface area contributed by atoms with Crippen molar-refractivity contribution in [2.45, 2.75) is 6.61 Å². The van der Waals surface area contributed by atoms with Crippen molar-refractivity contribution in [3.05, 3.63) is 68.9 Å². The largest absolute Gasteiger partial charge is 0.476 e. The lowest BCUT2D eigenvalue weighted by atomic mass is 10.2. The van der Waals surface area contributed by atoms with Crippen molar-refractivity contribution < 1.29 is 15.0 Å². The number of rotatable bonds is 4. The Balaban J connectivity index is 2.34. The molecule has 0 spiro atoms. The van der Waals surface area contributed by atoms with E-state index in [1.165, 1.54) is 4.57 Å². The summed E-state index contributed by atoms with van der Waals surface area (Å²) in [4.78, 5) is 15.7. The molecule has 128 valence electrons. The van der Waals surface area contributed by atoms with E-state index in [9.17, 15) is 15.0 Å². The van der Waals surface area contributed by atoms with Gasteiger partial charge in [0.15, 0.2) is 5.69 Å². The van der Waals surface area contributed by atoms with Gasteiger partial charge in [-0.1, -0.05) is 34.8 Å². The van der Waals surface area contributed by atoms with Crippen molar-refractivity contribution in [1.82, 2.24) is 9.55 Å². The molecule has 0 saturated heterocycles. The monoisotopic (exact) mass is 396 g/mol. The van der Waals surface area contributed by atoms with Crippen LogP contribution in [0.25, 0.3) is 17.1 Å². The molecule has 3 aromatic rings. The number of aromatic carboxylic acids is 1. The fourth-order valence-corrected chi connectivity index (χ4v) is 3.11. The van der Waals surface area contributed by atoms with Crippen molar-refractivity contribution >= 4 is 40.8 Å². The van der Waals surface area contributed by atoms with Crippen LogP contribution in [0.1, 0.15) is 16.2 Å². The Morgan fingerprint density at radius 2 is 1.68 bits per heavy atom. The van der Waals surface area contributed by atoms with E-state index in [1.54, 1.807) is 42.5 Å². The third kappa shape index (κ3) is 3.37. The van der Waals surface area contributed by atoms with Gasteiger partial charge in [0.05, 0.1) is 17.3 Å². The summed E-state index contributed by atoms with van der Waals surface area (Å²) < 4.78 is 1.54. The van der Waals surface area contributed by atoms with Crippen molar-refractivity contribution in [2.24, 2.45) is 0 Å². The molecule has 5 nitrogen and oxygen atoms in total. The molecule has 0 aliphatic carbocycles. The van der Waals surface area contributed by atoms with Crippen molar-refractivity contribution in [3.63, 3.8) is 0 Å². The van der Waals surface area contributed by atoms with E-state index in [2.05, 4.69) is 4.98 Å². The Morgan fingerprint density at radius 1 is 1.04 bits per heavy atom. The number of carboxylic acids is 1. The molecule has 0 aliphatic heterocycles. The van der Waals surface area contributed by atoms with Gasteiger partial charge in [-0.3, -0.25) is 4.57 Å². The molecule has 0 fully saturated rings. The maximum Gasteiger partial charge on any atom is 0.356 e. The molecule has 3 rings (SSSR count). The maximum atomic E-state index is 11.5. The highest BCUT2D eigenvalue weighted by Gasteiger charge is 2.24. The predicted octanol–water partition coefficient (Wildman–Crippen LogP) is 4.69. The third-order valence-electron chi connectivity index (χ3n) is 3.58. The van der Waals surface area contributed by atoms with E-state index in [1.807, 2.05) is 0 Å². The number of aliphatic hydroxyl groups is 1. The third-order valence-corrected chi connectivity index (χ3v) is 4.38. The number of nitrogens with zero attached hydrogens (tertiary/aromatic N) is 2. The average molecular weight is 398 g/mol. The Labute approximate surface area is 158 Å². The first kappa shape index (κ1) is 17.8. The van der Waals surface area contributed by atoms with Crippen LogP contribution in [-0.4, -0.2) is 25.7 Å². The molecular weight excluding hydrogens is 387 g/mol. The second-order valence-electron chi connectivity index (χ2n) is 5.13. The topological polar surface area (TPSA) is 75.3 Å². The summed E-state index contributed by atoms with van der Waals surface area (Å²) in [6, 6.07) is 11.5. The number of aromatic nitrogens is 2. The van der Waals surface area contributed by atoms with Gasteiger partial charge in [-0.15, -0.1) is 0 Å². The summed E-state index contributed by atoms with van der Waals surface area (Å²) in [6.45, 7) is -0.511. The minimum atomic E-state index is -1.25. The highest BCUT2D eigenvalue weighted by Crippen LogP contribution is 2.33. The van der Waals surface area contributed by atoms with E-state index in [0.717, 1.165) is 0 Å². The molecule has 0 saturated carbocycles. The predicted molar refractivity (Wildman–Crippen MR) is 96.9 cm³/mol. The van der Waals surface area contributed by atoms with E-state index in [-0.39, 0.29) is 17.2 Å². The molecule has 0 bridgehead atoms. The lowest BCUT2D eigenvalue weighted by Crippen LogP contribution is -2.06. The van der Waals surface area contributed by atoms with Crippen LogP contribution in [0.15, 0.2) is 42.5 Å². The van der Waals surface area contributed by atoms with Crippen LogP contribution in [0, 0.1) is 0 Å². The van der Waals surface area contributed by atoms with Gasteiger partial charge in [-0.25, -0.2) is 9.78 Å². The van der Waals surface area contributed by atoms with E-state index < -0.39 is 12.6 Å². The summed E-state index contributed by atoms with van der Waals surface area (Å²) in [5, 5.41) is 20.4. The molecule has 0 aliphatic rings. The number of carboxylic acid groups (broad SMARTS) is 1. The molecule has 25 heavy (non-hydrogen) atoms. The Hall–Kier alpha value is -2.05. The van der Waals surface area contributed by atoms with Gasteiger partial charge in [0.1, 0.15) is 5.82 Å². The lowest BCUT2D eigenvalue weighted by Gasteiger charge is -2.12. The van der Waals surface area contributed by atoms with Crippen LogP contribution in [0.3, 0.4) is 0 Å². The SMILES string of the molecule is O=C(O)c1nc(-c2ccc(Cl)cc2Cl)n(-c2ccc(Cl)cc2)c1CO. The summed E-state index contributed by atoms with van der Waals surface area (Å²) in [5.74, 6) is -0.964. The van der Waals surface area contributed by atoms with E-state index in [0.29, 0.717) is 26.3 Å². The van der Waals surface area contributed by atoms with Crippen molar-refractivity contribution in [2.75, 3.05) is 0 Å². The molecule has 0 atom stereocenters. The molecule has 1 heterocycles. The Morgan fingerprint density at radius 3 is 2.24 bits per heavy atom. The molecular formula is C17H11Cl3N2O3. The van der Waals surface area contributed by atoms with Crippen LogP contribution in [0.4, 0.5) is 0 Å². The van der Waals surface area contributed by atoms with Gasteiger partial charge in [-0.2, -0.15) is 0 Å². The van der Waals surface area contributed by atoms with Crippen molar-refractivity contribution in [3.8, 4) is 17.1 Å². The minimum absolute atomic E-state index is 0.135. The normalized spacial score (nSPS) is 10.9. The number of halogens is 3.